The molecule has 2 bridgehead atoms. The number of benzene rings is 2. The second-order valence-corrected chi connectivity index (χ2v) is 11.4. The highest BCUT2D eigenvalue weighted by Crippen LogP contribution is 2.33. The first kappa shape index (κ1) is 31.0. The number of carbonyl (C=O) groups excluding carboxylic acids is 3. The zero-order valence-corrected chi connectivity index (χ0v) is 25.2. The van der Waals surface area contributed by atoms with Gasteiger partial charge in [0.05, 0.1) is 22.5 Å². The third-order valence-corrected chi connectivity index (χ3v) is 8.08. The number of rotatable bonds is 6. The molecule has 0 fully saturated rings. The molecule has 12 heteroatoms. The van der Waals surface area contributed by atoms with Crippen LogP contribution in [-0.2, 0) is 16.0 Å². The van der Waals surface area contributed by atoms with E-state index in [1.165, 1.54) is 23.7 Å². The zero-order valence-electron chi connectivity index (χ0n) is 24.5. The molecule has 2 amide bonds. The maximum absolute atomic E-state index is 14.7. The van der Waals surface area contributed by atoms with E-state index < -0.39 is 23.9 Å². The normalized spacial score (nSPS) is 17.5. The van der Waals surface area contributed by atoms with Gasteiger partial charge in [-0.3, -0.25) is 19.4 Å². The Kier molecular flexibility index (Phi) is 9.17. The number of nitrogens with one attached hydrogen (secondary N) is 2. The first-order valence-corrected chi connectivity index (χ1v) is 14.7. The van der Waals surface area contributed by atoms with E-state index in [4.69, 9.17) is 11.6 Å². The number of ketones is 1. The number of anilines is 1. The summed E-state index contributed by atoms with van der Waals surface area (Å²) in [5, 5.41) is 23.7. The lowest BCUT2D eigenvalue weighted by molar-refractivity contribution is -0.125. The molecule has 2 aromatic carbocycles. The second-order valence-electron chi connectivity index (χ2n) is 11.0. The molecule has 2 aromatic heterocycles. The van der Waals surface area contributed by atoms with Crippen molar-refractivity contribution in [2.24, 2.45) is 5.92 Å². The van der Waals surface area contributed by atoms with E-state index in [2.05, 4.69) is 25.9 Å². The number of halogens is 2. The van der Waals surface area contributed by atoms with Crippen molar-refractivity contribution in [2.75, 3.05) is 5.32 Å². The summed E-state index contributed by atoms with van der Waals surface area (Å²) in [5.74, 6) is -1.99. The Morgan fingerprint density at radius 3 is 2.77 bits per heavy atom. The number of aromatic nitrogens is 4. The van der Waals surface area contributed by atoms with Gasteiger partial charge >= 0.3 is 0 Å². The number of aliphatic hydroxyl groups excluding tert-OH is 1. The first-order chi connectivity index (χ1) is 21.0. The molecule has 1 aliphatic rings. The molecule has 4 aromatic rings. The monoisotopic (exact) mass is 618 g/mol. The number of hydrogen-bond acceptors (Lipinski definition) is 7. The van der Waals surface area contributed by atoms with Gasteiger partial charge in [0.2, 0.25) is 5.91 Å². The molecule has 3 atom stereocenters. The minimum absolute atomic E-state index is 0.0278. The lowest BCUT2D eigenvalue weighted by Crippen LogP contribution is -2.30. The molecule has 5 rings (SSSR count). The maximum atomic E-state index is 14.7. The Hall–Kier alpha value is -4.48. The van der Waals surface area contributed by atoms with Crippen LogP contribution in [0.5, 0.6) is 0 Å². The predicted molar refractivity (Wildman–Crippen MR) is 163 cm³/mol. The van der Waals surface area contributed by atoms with Crippen LogP contribution in [0.1, 0.15) is 66.6 Å². The molecule has 228 valence electrons. The van der Waals surface area contributed by atoms with Crippen LogP contribution in [-0.4, -0.2) is 48.8 Å². The molecule has 0 spiro atoms. The molecular weight excluding hydrogens is 587 g/mol. The van der Waals surface area contributed by atoms with Gasteiger partial charge in [0.1, 0.15) is 11.8 Å². The fraction of sp³-hybridized carbons (Fsp3) is 0.312. The molecule has 1 unspecified atom stereocenters. The molecule has 3 heterocycles. The Balaban J connectivity index is 1.48. The van der Waals surface area contributed by atoms with Gasteiger partial charge < -0.3 is 15.7 Å². The van der Waals surface area contributed by atoms with Gasteiger partial charge in [-0.2, -0.15) is 0 Å². The highest BCUT2D eigenvalue weighted by atomic mass is 35.5. The van der Waals surface area contributed by atoms with Crippen molar-refractivity contribution in [1.82, 2.24) is 25.3 Å². The Bertz CT molecular complexity index is 1740. The summed E-state index contributed by atoms with van der Waals surface area (Å²) >= 11 is 5.94. The van der Waals surface area contributed by atoms with Gasteiger partial charge in [-0.15, -0.1) is 5.10 Å². The summed E-state index contributed by atoms with van der Waals surface area (Å²) < 4.78 is 15.9. The van der Waals surface area contributed by atoms with E-state index in [1.807, 2.05) is 19.1 Å². The highest BCUT2D eigenvalue weighted by molar-refractivity contribution is 6.30. The number of carbonyl (C=O) groups is 3. The fourth-order valence-corrected chi connectivity index (χ4v) is 5.34. The number of Topliss-reactive ketones (excluding diaryl/α,β-unsaturated/α-hetero) is 1. The fourth-order valence-electron chi connectivity index (χ4n) is 5.17. The van der Waals surface area contributed by atoms with Crippen LogP contribution in [0.3, 0.4) is 0 Å². The van der Waals surface area contributed by atoms with Crippen LogP contribution in [0.15, 0.2) is 54.7 Å². The molecule has 0 radical (unpaired) electrons. The molecule has 44 heavy (non-hydrogen) atoms. The minimum Gasteiger partial charge on any atom is -0.386 e. The van der Waals surface area contributed by atoms with Crippen molar-refractivity contribution < 1.29 is 23.9 Å². The Morgan fingerprint density at radius 2 is 2.00 bits per heavy atom. The number of nitrogens with zero attached hydrogens (tertiary/aromatic N) is 4. The average Bonchev–Trinajstić information content (AvgIpc) is 3.38. The van der Waals surface area contributed by atoms with Gasteiger partial charge in [-0.05, 0) is 68.1 Å². The van der Waals surface area contributed by atoms with Crippen molar-refractivity contribution in [1.29, 1.82) is 0 Å². The van der Waals surface area contributed by atoms with E-state index in [0.29, 0.717) is 41.9 Å². The van der Waals surface area contributed by atoms with E-state index in [1.54, 1.807) is 37.4 Å². The number of aliphatic hydroxyl groups is 1. The molecule has 10 nitrogen and oxygen atoms in total. The third kappa shape index (κ3) is 6.53. The zero-order chi connectivity index (χ0) is 31.5. The molecule has 0 aliphatic carbocycles. The summed E-state index contributed by atoms with van der Waals surface area (Å²) in [6.45, 7) is 4.88. The number of hydrogen-bond donors (Lipinski definition) is 3. The lowest BCUT2D eigenvalue weighted by atomic mass is 9.94. The minimum atomic E-state index is -1.09. The highest BCUT2D eigenvalue weighted by Gasteiger charge is 2.25. The van der Waals surface area contributed by atoms with Gasteiger partial charge in [-0.25, -0.2) is 9.07 Å². The van der Waals surface area contributed by atoms with E-state index >= 15 is 0 Å². The Morgan fingerprint density at radius 1 is 1.20 bits per heavy atom. The smallest absolute Gasteiger partial charge is 0.274 e. The predicted octanol–water partition coefficient (Wildman–Crippen LogP) is 5.15. The van der Waals surface area contributed by atoms with E-state index in [-0.39, 0.29) is 40.4 Å². The van der Waals surface area contributed by atoms with Crippen molar-refractivity contribution >= 4 is 34.9 Å². The average molecular weight is 619 g/mol. The second kappa shape index (κ2) is 13.0. The largest absolute Gasteiger partial charge is 0.386 e. The number of amides is 2. The van der Waals surface area contributed by atoms with Crippen molar-refractivity contribution in [3.05, 3.63) is 88.2 Å². The van der Waals surface area contributed by atoms with E-state index in [0.717, 1.165) is 11.1 Å². The van der Waals surface area contributed by atoms with Crippen LogP contribution >= 0.6 is 11.6 Å². The summed E-state index contributed by atoms with van der Waals surface area (Å²) in [6, 6.07) is 13.0. The summed E-state index contributed by atoms with van der Waals surface area (Å²) in [5.41, 5.74) is 3.73. The summed E-state index contributed by atoms with van der Waals surface area (Å²) in [7, 11) is 0. The SMILES string of the molecule is Cc1c(C(=O)N[C@H]2CCC[C@@H](C)C(=O)Nc3cc(CC(=O)C(C)O)ccc3-c3ccnc2c3)nnn1-c1cccc(Cl)c1F. The van der Waals surface area contributed by atoms with Gasteiger partial charge in [0, 0.05) is 29.8 Å². The first-order valence-electron chi connectivity index (χ1n) is 14.3. The topological polar surface area (TPSA) is 139 Å². The maximum Gasteiger partial charge on any atom is 0.274 e. The van der Waals surface area contributed by atoms with Gasteiger partial charge in [-0.1, -0.05) is 48.4 Å². The molecule has 3 N–H and O–H groups in total. The van der Waals surface area contributed by atoms with Crippen molar-refractivity contribution in [3.8, 4) is 16.8 Å². The molecule has 0 saturated carbocycles. The van der Waals surface area contributed by atoms with Gasteiger partial charge in [0.25, 0.3) is 5.91 Å². The van der Waals surface area contributed by atoms with Crippen molar-refractivity contribution in [3.63, 3.8) is 0 Å². The number of pyridine rings is 1. The van der Waals surface area contributed by atoms with Crippen LogP contribution in [0.2, 0.25) is 5.02 Å². The Labute approximate surface area is 258 Å². The lowest BCUT2D eigenvalue weighted by Gasteiger charge is -2.22. The molecular formula is C32H32ClFN6O4. The summed E-state index contributed by atoms with van der Waals surface area (Å²) in [4.78, 5) is 43.4. The standard InChI is InChI=1S/C32H32ClFN6O4/c1-17-6-4-8-24(36-32(44)30-18(2)40(39-38-30)27-9-5-7-23(33)29(27)34)26-16-21(12-13-35-26)22-11-10-20(15-28(42)19(3)41)14-25(22)37-31(17)43/h5,7,9-14,16-17,19,24,41H,4,6,8,15H2,1-3H3,(H,36,44)(H,37,43)/t17-,19?,24+/m1/s1. The van der Waals surface area contributed by atoms with Crippen molar-refractivity contribution in [2.45, 2.75) is 58.6 Å². The van der Waals surface area contributed by atoms with Crippen LogP contribution in [0.25, 0.3) is 16.8 Å². The van der Waals surface area contributed by atoms with Crippen LogP contribution < -0.4 is 10.6 Å². The summed E-state index contributed by atoms with van der Waals surface area (Å²) in [6.07, 6.45) is 2.24. The quantitative estimate of drug-likeness (QED) is 0.271. The molecule has 0 saturated heterocycles. The van der Waals surface area contributed by atoms with Crippen LogP contribution in [0, 0.1) is 18.7 Å². The third-order valence-electron chi connectivity index (χ3n) is 7.79. The van der Waals surface area contributed by atoms with E-state index in [9.17, 15) is 23.9 Å². The molecule has 1 aliphatic heterocycles. The van der Waals surface area contributed by atoms with Gasteiger partial charge in [0.15, 0.2) is 17.3 Å². The number of fused-ring (bicyclic) bond motifs is 4. The van der Waals surface area contributed by atoms with Crippen LogP contribution in [0.4, 0.5) is 10.1 Å².